The first-order valence-electron chi connectivity index (χ1n) is 8.88. The summed E-state index contributed by atoms with van der Waals surface area (Å²) in [5.74, 6) is 3.37. The van der Waals surface area contributed by atoms with Crippen molar-refractivity contribution < 1.29 is 9.90 Å². The van der Waals surface area contributed by atoms with Crippen molar-refractivity contribution in [3.63, 3.8) is 0 Å². The van der Waals surface area contributed by atoms with Crippen molar-refractivity contribution in [2.75, 3.05) is 6.61 Å². The highest BCUT2D eigenvalue weighted by Crippen LogP contribution is 2.61. The third kappa shape index (κ3) is 3.44. The highest BCUT2D eigenvalue weighted by Gasteiger charge is 2.51. The number of aliphatic hydroxyl groups excluding tert-OH is 1. The topological polar surface area (TPSA) is 49.3 Å². The Morgan fingerprint density at radius 2 is 1.67 bits per heavy atom. The van der Waals surface area contributed by atoms with E-state index >= 15 is 0 Å². The summed E-state index contributed by atoms with van der Waals surface area (Å²) >= 11 is 0. The van der Waals surface area contributed by atoms with Crippen LogP contribution in [0, 0.1) is 29.1 Å². The van der Waals surface area contributed by atoms with Gasteiger partial charge in [0.15, 0.2) is 0 Å². The minimum atomic E-state index is -0.0635. The fraction of sp³-hybridized carbons (Fsp3) is 0.944. The van der Waals surface area contributed by atoms with E-state index in [-0.39, 0.29) is 18.6 Å². The Hall–Kier alpha value is -0.570. The van der Waals surface area contributed by atoms with Crippen LogP contribution in [0.4, 0.5) is 0 Å². The Labute approximate surface area is 128 Å². The van der Waals surface area contributed by atoms with Crippen LogP contribution in [0.15, 0.2) is 0 Å². The molecule has 1 atom stereocenters. The average molecular weight is 293 g/mol. The van der Waals surface area contributed by atoms with Gasteiger partial charge in [0, 0.05) is 6.42 Å². The summed E-state index contributed by atoms with van der Waals surface area (Å²) in [5, 5.41) is 12.5. The van der Waals surface area contributed by atoms with Gasteiger partial charge < -0.3 is 10.4 Å². The molecule has 1 amide bonds. The molecule has 4 rings (SSSR count). The van der Waals surface area contributed by atoms with Gasteiger partial charge in [0.05, 0.1) is 12.6 Å². The summed E-state index contributed by atoms with van der Waals surface area (Å²) in [6.07, 6.45) is 9.67. The van der Waals surface area contributed by atoms with Gasteiger partial charge in [-0.05, 0) is 74.0 Å². The van der Waals surface area contributed by atoms with E-state index in [0.29, 0.717) is 17.8 Å². The SMILES string of the molecule is CC(C)CC(CO)NC(=O)CC12CC3CC(CC(C3)C1)C2. The molecule has 4 aliphatic carbocycles. The molecule has 0 aliphatic heterocycles. The zero-order chi connectivity index (χ0) is 15.0. The van der Waals surface area contributed by atoms with E-state index in [1.165, 1.54) is 38.5 Å². The molecule has 3 heteroatoms. The highest BCUT2D eigenvalue weighted by molar-refractivity contribution is 5.77. The van der Waals surface area contributed by atoms with Gasteiger partial charge in [-0.3, -0.25) is 4.79 Å². The van der Waals surface area contributed by atoms with Gasteiger partial charge in [0.1, 0.15) is 0 Å². The van der Waals surface area contributed by atoms with Crippen LogP contribution in [0.1, 0.15) is 65.2 Å². The lowest BCUT2D eigenvalue weighted by Crippen LogP contribution is -2.49. The third-order valence-electron chi connectivity index (χ3n) is 6.04. The van der Waals surface area contributed by atoms with E-state index in [0.717, 1.165) is 24.2 Å². The second kappa shape index (κ2) is 5.91. The molecule has 4 fully saturated rings. The minimum absolute atomic E-state index is 0.0603. The summed E-state index contributed by atoms with van der Waals surface area (Å²) in [6.45, 7) is 4.33. The van der Waals surface area contributed by atoms with Crippen molar-refractivity contribution in [3.05, 3.63) is 0 Å². The minimum Gasteiger partial charge on any atom is -0.394 e. The predicted octanol–water partition coefficient (Wildman–Crippen LogP) is 3.12. The molecule has 0 aromatic heterocycles. The van der Waals surface area contributed by atoms with E-state index in [1.54, 1.807) is 0 Å². The van der Waals surface area contributed by atoms with Crippen molar-refractivity contribution in [3.8, 4) is 0 Å². The number of hydrogen-bond acceptors (Lipinski definition) is 2. The summed E-state index contributed by atoms with van der Waals surface area (Å²) in [6, 6.07) is -0.0635. The first-order chi connectivity index (χ1) is 9.98. The molecule has 0 aromatic carbocycles. The Bertz CT molecular complexity index is 355. The zero-order valence-corrected chi connectivity index (χ0v) is 13.6. The van der Waals surface area contributed by atoms with Crippen molar-refractivity contribution in [1.29, 1.82) is 0 Å². The molecule has 2 N–H and O–H groups in total. The second-order valence-electron chi connectivity index (χ2n) is 8.67. The molecule has 4 bridgehead atoms. The standard InChI is InChI=1S/C18H31NO2/c1-12(2)3-16(11-20)19-17(21)10-18-7-13-4-14(8-18)6-15(5-13)9-18/h12-16,20H,3-11H2,1-2H3,(H,19,21). The molecule has 0 radical (unpaired) electrons. The van der Waals surface area contributed by atoms with Crippen LogP contribution in [0.25, 0.3) is 0 Å². The zero-order valence-electron chi connectivity index (χ0n) is 13.6. The Morgan fingerprint density at radius 3 is 2.10 bits per heavy atom. The number of aliphatic hydroxyl groups is 1. The number of carbonyl (C=O) groups excluding carboxylic acids is 1. The van der Waals surface area contributed by atoms with Gasteiger partial charge in [-0.1, -0.05) is 13.8 Å². The number of rotatable bonds is 6. The van der Waals surface area contributed by atoms with Crippen LogP contribution < -0.4 is 5.32 Å². The molecule has 0 heterocycles. The van der Waals surface area contributed by atoms with Crippen molar-refractivity contribution in [2.24, 2.45) is 29.1 Å². The van der Waals surface area contributed by atoms with Crippen LogP contribution in [0.3, 0.4) is 0 Å². The van der Waals surface area contributed by atoms with Crippen LogP contribution in [-0.2, 0) is 4.79 Å². The molecule has 0 spiro atoms. The predicted molar refractivity (Wildman–Crippen MR) is 83.7 cm³/mol. The quantitative estimate of drug-likeness (QED) is 0.790. The monoisotopic (exact) mass is 293 g/mol. The number of hydrogen-bond donors (Lipinski definition) is 2. The summed E-state index contributed by atoms with van der Waals surface area (Å²) in [5.41, 5.74) is 0.302. The Morgan fingerprint density at radius 1 is 1.14 bits per heavy atom. The van der Waals surface area contributed by atoms with Crippen molar-refractivity contribution in [2.45, 2.75) is 71.3 Å². The van der Waals surface area contributed by atoms with E-state index in [9.17, 15) is 9.90 Å². The molecule has 120 valence electrons. The van der Waals surface area contributed by atoms with E-state index < -0.39 is 0 Å². The van der Waals surface area contributed by atoms with E-state index in [2.05, 4.69) is 19.2 Å². The van der Waals surface area contributed by atoms with Crippen LogP contribution >= 0.6 is 0 Å². The van der Waals surface area contributed by atoms with Crippen molar-refractivity contribution in [1.82, 2.24) is 5.32 Å². The van der Waals surface area contributed by atoms with Gasteiger partial charge in [-0.15, -0.1) is 0 Å². The normalized spacial score (nSPS) is 38.8. The first kappa shape index (κ1) is 15.3. The number of carbonyl (C=O) groups is 1. The lowest BCUT2D eigenvalue weighted by Gasteiger charge is -2.56. The Kier molecular flexibility index (Phi) is 4.31. The number of nitrogens with one attached hydrogen (secondary N) is 1. The smallest absolute Gasteiger partial charge is 0.220 e. The van der Waals surface area contributed by atoms with Gasteiger partial charge in [-0.25, -0.2) is 0 Å². The molecular weight excluding hydrogens is 262 g/mol. The fourth-order valence-electron chi connectivity index (χ4n) is 5.87. The van der Waals surface area contributed by atoms with E-state index in [4.69, 9.17) is 0 Å². The van der Waals surface area contributed by atoms with E-state index in [1.807, 2.05) is 0 Å². The van der Waals surface area contributed by atoms with Crippen molar-refractivity contribution >= 4 is 5.91 Å². The number of amides is 1. The maximum atomic E-state index is 12.5. The molecule has 4 saturated carbocycles. The summed E-state index contributed by atoms with van der Waals surface area (Å²) < 4.78 is 0. The van der Waals surface area contributed by atoms with Gasteiger partial charge in [0.2, 0.25) is 5.91 Å². The molecule has 4 aliphatic rings. The second-order valence-corrected chi connectivity index (χ2v) is 8.67. The molecular formula is C18H31NO2. The molecule has 21 heavy (non-hydrogen) atoms. The Balaban J connectivity index is 1.57. The molecule has 0 aromatic rings. The molecule has 0 saturated heterocycles. The fourth-order valence-corrected chi connectivity index (χ4v) is 5.87. The lowest BCUT2D eigenvalue weighted by atomic mass is 9.49. The van der Waals surface area contributed by atoms with Crippen LogP contribution in [0.2, 0.25) is 0 Å². The lowest BCUT2D eigenvalue weighted by molar-refractivity contribution is -0.130. The summed E-state index contributed by atoms with van der Waals surface area (Å²) in [4.78, 5) is 12.5. The van der Waals surface area contributed by atoms with Crippen LogP contribution in [-0.4, -0.2) is 23.7 Å². The molecule has 1 unspecified atom stereocenters. The largest absolute Gasteiger partial charge is 0.394 e. The summed E-state index contributed by atoms with van der Waals surface area (Å²) in [7, 11) is 0. The highest BCUT2D eigenvalue weighted by atomic mass is 16.3. The first-order valence-corrected chi connectivity index (χ1v) is 8.88. The van der Waals surface area contributed by atoms with Crippen LogP contribution in [0.5, 0.6) is 0 Å². The molecule has 3 nitrogen and oxygen atoms in total. The van der Waals surface area contributed by atoms with Gasteiger partial charge in [0.25, 0.3) is 0 Å². The average Bonchev–Trinajstić information content (AvgIpc) is 2.34. The third-order valence-corrected chi connectivity index (χ3v) is 6.04. The maximum absolute atomic E-state index is 12.5. The maximum Gasteiger partial charge on any atom is 0.220 e. The van der Waals surface area contributed by atoms with Gasteiger partial charge >= 0.3 is 0 Å². The van der Waals surface area contributed by atoms with Gasteiger partial charge in [-0.2, -0.15) is 0 Å².